The topological polar surface area (TPSA) is 86.9 Å². The van der Waals surface area contributed by atoms with Gasteiger partial charge >= 0.3 is 0 Å². The Kier molecular flexibility index (Phi) is 3.61. The third kappa shape index (κ3) is 2.79. The normalized spacial score (nSPS) is 10.0. The Hall–Kier alpha value is -2.63. The fourth-order valence-electron chi connectivity index (χ4n) is 1.59. The summed E-state index contributed by atoms with van der Waals surface area (Å²) in [5.41, 5.74) is 1.97. The van der Waals surface area contributed by atoms with Crippen LogP contribution in [0.3, 0.4) is 0 Å². The van der Waals surface area contributed by atoms with Gasteiger partial charge in [-0.25, -0.2) is 4.98 Å². The fourth-order valence-corrected chi connectivity index (χ4v) is 1.59. The van der Waals surface area contributed by atoms with Gasteiger partial charge < -0.3 is 15.6 Å². The summed E-state index contributed by atoms with van der Waals surface area (Å²) in [5, 5.41) is 5.13. The summed E-state index contributed by atoms with van der Waals surface area (Å²) in [6.45, 7) is 1.96. The van der Waals surface area contributed by atoms with Crippen LogP contribution in [0.1, 0.15) is 26.5 Å². The van der Waals surface area contributed by atoms with Crippen molar-refractivity contribution in [2.75, 3.05) is 12.4 Å². The van der Waals surface area contributed by atoms with Crippen LogP contribution in [0.2, 0.25) is 0 Å². The molecular weight excluding hydrogens is 244 g/mol. The minimum atomic E-state index is -0.427. The highest BCUT2D eigenvalue weighted by atomic mass is 16.2. The Morgan fingerprint density at radius 2 is 1.84 bits per heavy atom. The first kappa shape index (κ1) is 12.8. The summed E-state index contributed by atoms with van der Waals surface area (Å²) in [4.78, 5) is 30.1. The third-order valence-electron chi connectivity index (χ3n) is 2.62. The number of H-pyrrole nitrogens is 1. The molecule has 0 bridgehead atoms. The van der Waals surface area contributed by atoms with E-state index in [1.807, 2.05) is 19.1 Å². The molecule has 0 aliphatic rings. The van der Waals surface area contributed by atoms with Gasteiger partial charge in [-0.3, -0.25) is 9.59 Å². The molecule has 2 aromatic rings. The summed E-state index contributed by atoms with van der Waals surface area (Å²) in [5.74, 6) is -0.810. The van der Waals surface area contributed by atoms with Crippen molar-refractivity contribution in [3.8, 4) is 0 Å². The maximum atomic E-state index is 12.0. The Balaban J connectivity index is 2.18. The largest absolute Gasteiger partial charge is 0.354 e. The fraction of sp³-hybridized carbons (Fsp3) is 0.154. The van der Waals surface area contributed by atoms with Gasteiger partial charge in [-0.05, 0) is 19.1 Å². The number of aryl methyl sites for hydroxylation is 1. The molecule has 2 rings (SSSR count). The maximum Gasteiger partial charge on any atom is 0.276 e. The third-order valence-corrected chi connectivity index (χ3v) is 2.62. The van der Waals surface area contributed by atoms with Gasteiger partial charge in [-0.2, -0.15) is 0 Å². The van der Waals surface area contributed by atoms with Crippen LogP contribution in [0.15, 0.2) is 30.6 Å². The molecule has 1 heterocycles. The van der Waals surface area contributed by atoms with E-state index in [-0.39, 0.29) is 17.3 Å². The lowest BCUT2D eigenvalue weighted by Gasteiger charge is -2.05. The quantitative estimate of drug-likeness (QED) is 0.776. The highest BCUT2D eigenvalue weighted by Crippen LogP contribution is 2.11. The summed E-state index contributed by atoms with van der Waals surface area (Å²) in [7, 11) is 1.49. The number of nitrogens with one attached hydrogen (secondary N) is 3. The molecule has 0 aliphatic carbocycles. The first-order valence-electron chi connectivity index (χ1n) is 5.75. The van der Waals surface area contributed by atoms with E-state index in [1.54, 1.807) is 12.1 Å². The van der Waals surface area contributed by atoms with E-state index in [0.29, 0.717) is 5.69 Å². The molecule has 0 fully saturated rings. The maximum absolute atomic E-state index is 12.0. The van der Waals surface area contributed by atoms with Crippen molar-refractivity contribution < 1.29 is 9.59 Å². The van der Waals surface area contributed by atoms with Gasteiger partial charge in [0.25, 0.3) is 11.8 Å². The molecule has 6 heteroatoms. The van der Waals surface area contributed by atoms with Gasteiger partial charge in [-0.15, -0.1) is 0 Å². The number of benzene rings is 1. The first-order valence-corrected chi connectivity index (χ1v) is 5.75. The number of aromatic amines is 1. The summed E-state index contributed by atoms with van der Waals surface area (Å²) < 4.78 is 0. The van der Waals surface area contributed by atoms with Gasteiger partial charge in [0, 0.05) is 12.7 Å². The second-order valence-corrected chi connectivity index (χ2v) is 4.03. The van der Waals surface area contributed by atoms with Crippen LogP contribution in [-0.4, -0.2) is 28.8 Å². The molecule has 1 aromatic carbocycles. The SMILES string of the molecule is CNC(=O)c1[nH]cnc1C(=O)Nc1ccc(C)cc1. The van der Waals surface area contributed by atoms with Crippen LogP contribution in [0.25, 0.3) is 0 Å². The zero-order valence-electron chi connectivity index (χ0n) is 10.7. The number of imidazole rings is 1. The number of nitrogens with zero attached hydrogens (tertiary/aromatic N) is 1. The van der Waals surface area contributed by atoms with Crippen molar-refractivity contribution in [1.29, 1.82) is 0 Å². The van der Waals surface area contributed by atoms with E-state index in [4.69, 9.17) is 0 Å². The standard InChI is InChI=1S/C13H14N4O2/c1-8-3-5-9(6-4-8)17-13(19)11-10(12(18)14-2)15-7-16-11/h3-7H,1-2H3,(H,14,18)(H,15,16)(H,17,19). The molecule has 19 heavy (non-hydrogen) atoms. The minimum absolute atomic E-state index is 0.0694. The zero-order valence-corrected chi connectivity index (χ0v) is 10.7. The second kappa shape index (κ2) is 5.34. The summed E-state index contributed by atoms with van der Waals surface area (Å²) >= 11 is 0. The number of amides is 2. The molecule has 0 saturated carbocycles. The number of anilines is 1. The highest BCUT2D eigenvalue weighted by molar-refractivity contribution is 6.10. The highest BCUT2D eigenvalue weighted by Gasteiger charge is 2.19. The Labute approximate surface area is 110 Å². The second-order valence-electron chi connectivity index (χ2n) is 4.03. The Bertz CT molecular complexity index is 601. The lowest BCUT2D eigenvalue weighted by Crippen LogP contribution is -2.23. The molecule has 0 atom stereocenters. The van der Waals surface area contributed by atoms with Gasteiger partial charge in [0.15, 0.2) is 5.69 Å². The Morgan fingerprint density at radius 3 is 2.47 bits per heavy atom. The molecule has 0 aliphatic heterocycles. The van der Waals surface area contributed by atoms with Gasteiger partial charge in [0.2, 0.25) is 0 Å². The van der Waals surface area contributed by atoms with Crippen LogP contribution in [0.5, 0.6) is 0 Å². The van der Waals surface area contributed by atoms with Crippen LogP contribution in [-0.2, 0) is 0 Å². The monoisotopic (exact) mass is 258 g/mol. The lowest BCUT2D eigenvalue weighted by atomic mass is 10.2. The van der Waals surface area contributed by atoms with Crippen molar-refractivity contribution in [3.63, 3.8) is 0 Å². The van der Waals surface area contributed by atoms with Crippen molar-refractivity contribution >= 4 is 17.5 Å². The van der Waals surface area contributed by atoms with Gasteiger partial charge in [-0.1, -0.05) is 17.7 Å². The van der Waals surface area contributed by atoms with E-state index in [0.717, 1.165) is 5.56 Å². The van der Waals surface area contributed by atoms with E-state index in [9.17, 15) is 9.59 Å². The number of hydrogen-bond donors (Lipinski definition) is 3. The molecule has 3 N–H and O–H groups in total. The molecule has 6 nitrogen and oxygen atoms in total. The first-order chi connectivity index (χ1) is 9.11. The number of rotatable bonds is 3. The number of carbonyl (C=O) groups excluding carboxylic acids is 2. The van der Waals surface area contributed by atoms with E-state index < -0.39 is 5.91 Å². The van der Waals surface area contributed by atoms with E-state index in [1.165, 1.54) is 13.4 Å². The van der Waals surface area contributed by atoms with Crippen LogP contribution in [0, 0.1) is 6.92 Å². The number of aromatic nitrogens is 2. The predicted molar refractivity (Wildman–Crippen MR) is 71.1 cm³/mol. The van der Waals surface area contributed by atoms with Crippen molar-refractivity contribution in [2.45, 2.75) is 6.92 Å². The average Bonchev–Trinajstić information content (AvgIpc) is 2.90. The van der Waals surface area contributed by atoms with Crippen LogP contribution >= 0.6 is 0 Å². The summed E-state index contributed by atoms with van der Waals surface area (Å²) in [6, 6.07) is 7.36. The van der Waals surface area contributed by atoms with Gasteiger partial charge in [0.1, 0.15) is 5.69 Å². The number of hydrogen-bond acceptors (Lipinski definition) is 3. The zero-order chi connectivity index (χ0) is 13.8. The Morgan fingerprint density at radius 1 is 1.16 bits per heavy atom. The molecule has 0 saturated heterocycles. The lowest BCUT2D eigenvalue weighted by molar-refractivity contribution is 0.0943. The minimum Gasteiger partial charge on any atom is -0.354 e. The molecule has 1 aromatic heterocycles. The predicted octanol–water partition coefficient (Wildman–Crippen LogP) is 1.33. The van der Waals surface area contributed by atoms with Crippen molar-refractivity contribution in [2.24, 2.45) is 0 Å². The van der Waals surface area contributed by atoms with Crippen LogP contribution in [0.4, 0.5) is 5.69 Å². The summed E-state index contributed by atoms with van der Waals surface area (Å²) in [6.07, 6.45) is 1.31. The van der Waals surface area contributed by atoms with E-state index >= 15 is 0 Å². The van der Waals surface area contributed by atoms with Crippen molar-refractivity contribution in [3.05, 3.63) is 47.5 Å². The number of carbonyl (C=O) groups is 2. The molecular formula is C13H14N4O2. The molecule has 2 amide bonds. The molecule has 0 spiro atoms. The average molecular weight is 258 g/mol. The van der Waals surface area contributed by atoms with Gasteiger partial charge in [0.05, 0.1) is 6.33 Å². The van der Waals surface area contributed by atoms with Crippen LogP contribution < -0.4 is 10.6 Å². The smallest absolute Gasteiger partial charge is 0.276 e. The molecule has 0 unspecified atom stereocenters. The molecule has 0 radical (unpaired) electrons. The molecule has 98 valence electrons. The van der Waals surface area contributed by atoms with E-state index in [2.05, 4.69) is 20.6 Å². The van der Waals surface area contributed by atoms with Crippen molar-refractivity contribution in [1.82, 2.24) is 15.3 Å².